The van der Waals surface area contributed by atoms with Gasteiger partial charge in [-0.25, -0.2) is 4.79 Å². The summed E-state index contributed by atoms with van der Waals surface area (Å²) in [5.41, 5.74) is 1.64. The summed E-state index contributed by atoms with van der Waals surface area (Å²) < 4.78 is 9.87. The first-order chi connectivity index (χ1) is 16.0. The average molecular weight is 447 g/mol. The zero-order chi connectivity index (χ0) is 23.1. The Bertz CT molecular complexity index is 1470. The highest BCUT2D eigenvalue weighted by Crippen LogP contribution is 2.29. The van der Waals surface area contributed by atoms with Crippen LogP contribution in [-0.2, 0) is 24.9 Å². The molecule has 0 radical (unpaired) electrons. The van der Waals surface area contributed by atoms with Gasteiger partial charge in [-0.05, 0) is 36.6 Å². The van der Waals surface area contributed by atoms with E-state index in [1.165, 1.54) is 9.13 Å². The van der Waals surface area contributed by atoms with E-state index in [2.05, 4.69) is 0 Å². The molecule has 33 heavy (non-hydrogen) atoms. The first-order valence-corrected chi connectivity index (χ1v) is 11.1. The summed E-state index contributed by atoms with van der Waals surface area (Å²) in [5, 5.41) is 0.710. The fourth-order valence-corrected chi connectivity index (χ4v) is 4.76. The molecule has 3 heterocycles. The highest BCUT2D eigenvalue weighted by Gasteiger charge is 2.24. The number of fused-ring (bicyclic) bond motifs is 3. The fraction of sp³-hybridized carbons (Fsp3) is 0.320. The van der Waals surface area contributed by atoms with Crippen LogP contribution in [0, 0.1) is 0 Å². The van der Waals surface area contributed by atoms with Crippen molar-refractivity contribution in [3.63, 3.8) is 0 Å². The Morgan fingerprint density at radius 3 is 2.39 bits per heavy atom. The summed E-state index contributed by atoms with van der Waals surface area (Å²) in [6, 6.07) is 14.9. The summed E-state index contributed by atoms with van der Waals surface area (Å²) in [6.07, 6.45) is 1.93. The second-order valence-corrected chi connectivity index (χ2v) is 8.47. The zero-order valence-corrected chi connectivity index (χ0v) is 18.8. The second-order valence-electron chi connectivity index (χ2n) is 8.47. The highest BCUT2D eigenvalue weighted by molar-refractivity contribution is 6.06. The van der Waals surface area contributed by atoms with Crippen LogP contribution in [0.15, 0.2) is 58.1 Å². The summed E-state index contributed by atoms with van der Waals surface area (Å²) >= 11 is 0. The lowest BCUT2D eigenvalue weighted by atomic mass is 10.2. The number of aryl methyl sites for hydroxylation is 1. The minimum atomic E-state index is -0.487. The largest absolute Gasteiger partial charge is 0.497 e. The Hall–Kier alpha value is -3.81. The van der Waals surface area contributed by atoms with E-state index in [1.807, 2.05) is 55.6 Å². The normalized spacial score (nSPS) is 13.8. The lowest BCUT2D eigenvalue weighted by Crippen LogP contribution is -2.43. The molecule has 1 fully saturated rings. The van der Waals surface area contributed by atoms with Gasteiger partial charge in [0.25, 0.3) is 5.56 Å². The highest BCUT2D eigenvalue weighted by atomic mass is 16.5. The van der Waals surface area contributed by atoms with Gasteiger partial charge in [0.1, 0.15) is 17.8 Å². The lowest BCUT2D eigenvalue weighted by molar-refractivity contribution is -0.130. The van der Waals surface area contributed by atoms with Crippen LogP contribution in [0.5, 0.6) is 5.75 Å². The second kappa shape index (κ2) is 8.27. The number of carbonyl (C=O) groups excluding carboxylic acids is 1. The van der Waals surface area contributed by atoms with Crippen molar-refractivity contribution in [2.45, 2.75) is 25.9 Å². The van der Waals surface area contributed by atoms with Gasteiger partial charge in [-0.1, -0.05) is 30.3 Å². The van der Waals surface area contributed by atoms with Crippen molar-refractivity contribution in [1.29, 1.82) is 0 Å². The van der Waals surface area contributed by atoms with E-state index in [4.69, 9.17) is 4.74 Å². The molecule has 0 bridgehead atoms. The van der Waals surface area contributed by atoms with Crippen molar-refractivity contribution in [2.75, 3.05) is 20.2 Å². The smallest absolute Gasteiger partial charge is 0.332 e. The predicted octanol–water partition coefficient (Wildman–Crippen LogP) is 2.33. The third-order valence-electron chi connectivity index (χ3n) is 6.50. The number of benzene rings is 2. The number of methoxy groups -OCH3 is 1. The molecule has 0 saturated carbocycles. The molecule has 170 valence electrons. The third-order valence-corrected chi connectivity index (χ3v) is 6.50. The van der Waals surface area contributed by atoms with Gasteiger partial charge in [0.05, 0.1) is 24.7 Å². The summed E-state index contributed by atoms with van der Waals surface area (Å²) in [7, 11) is 3.38. The van der Waals surface area contributed by atoms with Crippen molar-refractivity contribution in [3.05, 3.63) is 74.9 Å². The third kappa shape index (κ3) is 3.51. The number of hydrogen-bond acceptors (Lipinski definition) is 4. The molecule has 0 spiro atoms. The Kier molecular flexibility index (Phi) is 5.28. The average Bonchev–Trinajstić information content (AvgIpc) is 3.47. The molecule has 0 aliphatic carbocycles. The molecule has 1 saturated heterocycles. The van der Waals surface area contributed by atoms with Crippen LogP contribution in [0.2, 0.25) is 0 Å². The molecular formula is C25H26N4O4. The fourth-order valence-electron chi connectivity index (χ4n) is 4.76. The van der Waals surface area contributed by atoms with Crippen molar-refractivity contribution in [2.24, 2.45) is 7.05 Å². The maximum atomic E-state index is 13.7. The van der Waals surface area contributed by atoms with E-state index in [0.29, 0.717) is 35.3 Å². The number of ether oxygens (including phenoxy) is 1. The van der Waals surface area contributed by atoms with Gasteiger partial charge in [0, 0.05) is 25.5 Å². The van der Waals surface area contributed by atoms with Crippen LogP contribution in [-0.4, -0.2) is 44.7 Å². The number of rotatable bonds is 5. The zero-order valence-electron chi connectivity index (χ0n) is 18.8. The van der Waals surface area contributed by atoms with Gasteiger partial charge in [-0.2, -0.15) is 0 Å². The number of hydrogen-bond donors (Lipinski definition) is 0. The monoisotopic (exact) mass is 446 g/mol. The van der Waals surface area contributed by atoms with Crippen LogP contribution in [0.4, 0.5) is 0 Å². The van der Waals surface area contributed by atoms with Crippen LogP contribution < -0.4 is 16.0 Å². The Balaban J connectivity index is 1.79. The maximum absolute atomic E-state index is 13.7. The Morgan fingerprint density at radius 2 is 1.70 bits per heavy atom. The van der Waals surface area contributed by atoms with Crippen LogP contribution in [0.1, 0.15) is 18.4 Å². The quantitative estimate of drug-likeness (QED) is 0.471. The standard InChI is InChI=1S/C25H26N4O4/c1-26-20-11-10-18(33-2)14-19(20)22-23(26)24(31)29(15-17-8-4-3-5-9-17)25(32)28(22)16-21(30)27-12-6-7-13-27/h3-5,8-11,14H,6-7,12-13,15-16H2,1-2H3. The molecule has 8 nitrogen and oxygen atoms in total. The van der Waals surface area contributed by atoms with Gasteiger partial charge >= 0.3 is 5.69 Å². The molecule has 1 aliphatic rings. The van der Waals surface area contributed by atoms with Crippen molar-refractivity contribution >= 4 is 27.8 Å². The number of aromatic nitrogens is 3. The summed E-state index contributed by atoms with van der Waals surface area (Å²) in [5.74, 6) is 0.508. The summed E-state index contributed by atoms with van der Waals surface area (Å²) in [6.45, 7) is 1.42. The number of carbonyl (C=O) groups is 1. The molecule has 2 aromatic heterocycles. The lowest BCUT2D eigenvalue weighted by Gasteiger charge is -2.18. The molecule has 1 amide bonds. The van der Waals surface area contributed by atoms with Crippen LogP contribution in [0.25, 0.3) is 21.9 Å². The molecule has 4 aromatic rings. The van der Waals surface area contributed by atoms with E-state index < -0.39 is 5.69 Å². The van der Waals surface area contributed by atoms with Gasteiger partial charge < -0.3 is 14.2 Å². The van der Waals surface area contributed by atoms with E-state index in [9.17, 15) is 14.4 Å². The molecule has 2 aromatic carbocycles. The topological polar surface area (TPSA) is 78.5 Å². The molecule has 0 unspecified atom stereocenters. The van der Waals surface area contributed by atoms with E-state index in [1.54, 1.807) is 16.6 Å². The van der Waals surface area contributed by atoms with Gasteiger partial charge in [-0.15, -0.1) is 0 Å². The SMILES string of the molecule is COc1ccc2c(c1)c1c(c(=O)n(Cc3ccccc3)c(=O)n1CC(=O)N1CCCC1)n2C. The molecule has 0 N–H and O–H groups in total. The van der Waals surface area contributed by atoms with Crippen molar-refractivity contribution in [1.82, 2.24) is 18.6 Å². The molecule has 5 rings (SSSR count). The molecule has 0 atom stereocenters. The number of amides is 1. The molecular weight excluding hydrogens is 420 g/mol. The number of nitrogens with zero attached hydrogens (tertiary/aromatic N) is 4. The van der Waals surface area contributed by atoms with Crippen LogP contribution >= 0.6 is 0 Å². The van der Waals surface area contributed by atoms with Crippen LogP contribution in [0.3, 0.4) is 0 Å². The van der Waals surface area contributed by atoms with Gasteiger partial charge in [-0.3, -0.25) is 18.7 Å². The minimum Gasteiger partial charge on any atom is -0.497 e. The van der Waals surface area contributed by atoms with E-state index >= 15 is 0 Å². The maximum Gasteiger partial charge on any atom is 0.332 e. The number of likely N-dealkylation sites (tertiary alicyclic amines) is 1. The first-order valence-electron chi connectivity index (χ1n) is 11.1. The first kappa shape index (κ1) is 21.1. The van der Waals surface area contributed by atoms with E-state index in [0.717, 1.165) is 23.9 Å². The van der Waals surface area contributed by atoms with E-state index in [-0.39, 0.29) is 24.6 Å². The minimum absolute atomic E-state index is 0.110. The van der Waals surface area contributed by atoms with Crippen molar-refractivity contribution < 1.29 is 9.53 Å². The Morgan fingerprint density at radius 1 is 0.970 bits per heavy atom. The van der Waals surface area contributed by atoms with Gasteiger partial charge in [0.2, 0.25) is 5.91 Å². The molecule has 1 aliphatic heterocycles. The molecule has 8 heteroatoms. The van der Waals surface area contributed by atoms with Crippen molar-refractivity contribution in [3.8, 4) is 5.75 Å². The van der Waals surface area contributed by atoms with Gasteiger partial charge in [0.15, 0.2) is 0 Å². The predicted molar refractivity (Wildman–Crippen MR) is 127 cm³/mol. The summed E-state index contributed by atoms with van der Waals surface area (Å²) in [4.78, 5) is 42.1. The Labute approximate surface area is 190 Å².